The number of nitrogens with zero attached hydrogens (tertiary/aromatic N) is 3. The van der Waals surface area contributed by atoms with Gasteiger partial charge in [-0.05, 0) is 61.3 Å². The van der Waals surface area contributed by atoms with E-state index in [0.717, 1.165) is 22.3 Å². The predicted molar refractivity (Wildman–Crippen MR) is 202 cm³/mol. The van der Waals surface area contributed by atoms with Gasteiger partial charge in [-0.25, -0.2) is 15.0 Å². The molecule has 8 aromatic rings. The summed E-state index contributed by atoms with van der Waals surface area (Å²) in [5.74, 6) is 1.98. The van der Waals surface area contributed by atoms with Crippen molar-refractivity contribution in [3.05, 3.63) is 175 Å². The van der Waals surface area contributed by atoms with Crippen LogP contribution in [-0.4, -0.2) is 15.0 Å². The zero-order valence-electron chi connectivity index (χ0n) is 27.4. The van der Waals surface area contributed by atoms with Gasteiger partial charge in [0.05, 0.1) is 0 Å². The van der Waals surface area contributed by atoms with E-state index in [9.17, 15) is 0 Å². The third-order valence-corrected chi connectivity index (χ3v) is 9.96. The Balaban J connectivity index is 1.03. The van der Waals surface area contributed by atoms with Gasteiger partial charge in [0.25, 0.3) is 0 Å². The normalized spacial score (nSPS) is 12.9. The van der Waals surface area contributed by atoms with Crippen molar-refractivity contribution in [3.63, 3.8) is 0 Å². The molecular weight excluding hydrogens is 595 g/mol. The number of rotatable bonds is 5. The summed E-state index contributed by atoms with van der Waals surface area (Å²) in [5.41, 5.74) is 13.0. The molecule has 1 aliphatic carbocycles. The smallest absolute Gasteiger partial charge is 0.164 e. The number of hydrogen-bond acceptors (Lipinski definition) is 3. The van der Waals surface area contributed by atoms with Crippen LogP contribution in [0.3, 0.4) is 0 Å². The summed E-state index contributed by atoms with van der Waals surface area (Å²) < 4.78 is 0. The van der Waals surface area contributed by atoms with E-state index in [1.807, 2.05) is 60.7 Å². The van der Waals surface area contributed by atoms with E-state index in [2.05, 4.69) is 117 Å². The van der Waals surface area contributed by atoms with Crippen LogP contribution in [0.1, 0.15) is 25.0 Å². The van der Waals surface area contributed by atoms with Gasteiger partial charge >= 0.3 is 0 Å². The van der Waals surface area contributed by atoms with Gasteiger partial charge in [-0.15, -0.1) is 0 Å². The zero-order valence-corrected chi connectivity index (χ0v) is 27.4. The first kappa shape index (κ1) is 29.0. The second-order valence-corrected chi connectivity index (χ2v) is 13.3. The van der Waals surface area contributed by atoms with Crippen molar-refractivity contribution in [2.45, 2.75) is 19.3 Å². The molecular formula is C46H33N3. The molecule has 0 saturated carbocycles. The van der Waals surface area contributed by atoms with Gasteiger partial charge in [0.2, 0.25) is 0 Å². The monoisotopic (exact) mass is 627 g/mol. The molecule has 232 valence electrons. The Morgan fingerprint density at radius 3 is 1.35 bits per heavy atom. The molecule has 3 heteroatoms. The highest BCUT2D eigenvalue weighted by molar-refractivity contribution is 6.03. The lowest BCUT2D eigenvalue weighted by Crippen LogP contribution is -2.23. The summed E-state index contributed by atoms with van der Waals surface area (Å²) in [5, 5.41) is 2.69. The van der Waals surface area contributed by atoms with Crippen molar-refractivity contribution in [2.24, 2.45) is 0 Å². The molecule has 1 aliphatic rings. The van der Waals surface area contributed by atoms with Crippen LogP contribution in [0.25, 0.3) is 78.3 Å². The Bertz CT molecular complexity index is 2420. The van der Waals surface area contributed by atoms with Gasteiger partial charge in [-0.1, -0.05) is 172 Å². The lowest BCUT2D eigenvalue weighted by molar-refractivity contribution is 0.645. The van der Waals surface area contributed by atoms with E-state index in [1.54, 1.807) is 0 Å². The Morgan fingerprint density at radius 2 is 0.796 bits per heavy atom. The van der Waals surface area contributed by atoms with Crippen molar-refractivity contribution in [1.29, 1.82) is 0 Å². The van der Waals surface area contributed by atoms with Crippen molar-refractivity contribution < 1.29 is 0 Å². The molecule has 0 bridgehead atoms. The SMILES string of the molecule is CC1(C)c2cc(-c3ccc(-c4ccc(-c5nc(-c6ccccc6)nc(-c6ccccc6)n5)cc4)cc3)ccc2-c2cccc3cccc1c23. The molecule has 0 amide bonds. The van der Waals surface area contributed by atoms with Crippen LogP contribution < -0.4 is 0 Å². The van der Waals surface area contributed by atoms with Gasteiger partial charge in [-0.3, -0.25) is 0 Å². The van der Waals surface area contributed by atoms with E-state index in [1.165, 1.54) is 49.7 Å². The van der Waals surface area contributed by atoms with Crippen molar-refractivity contribution >= 4 is 10.8 Å². The molecule has 0 saturated heterocycles. The van der Waals surface area contributed by atoms with Gasteiger partial charge in [0.1, 0.15) is 0 Å². The van der Waals surface area contributed by atoms with Crippen molar-refractivity contribution in [2.75, 3.05) is 0 Å². The molecule has 49 heavy (non-hydrogen) atoms. The molecule has 0 radical (unpaired) electrons. The standard InChI is InChI=1S/C46H33N3/c1-46(2)40-18-10-16-33-15-9-17-39(42(33)40)38-28-27-37(29-41(38)46)32-21-19-30(20-22-32)31-23-25-36(26-24-31)45-48-43(34-11-5-3-6-12-34)47-44(49-45)35-13-7-4-8-14-35/h3-29H,1-2H3. The quantitative estimate of drug-likeness (QED) is 0.191. The van der Waals surface area contributed by atoms with E-state index < -0.39 is 0 Å². The predicted octanol–water partition coefficient (Wildman–Crippen LogP) is 11.7. The summed E-state index contributed by atoms with van der Waals surface area (Å²) in [7, 11) is 0. The summed E-state index contributed by atoms with van der Waals surface area (Å²) in [4.78, 5) is 14.6. The van der Waals surface area contributed by atoms with E-state index in [0.29, 0.717) is 17.5 Å². The molecule has 0 fully saturated rings. The average molecular weight is 628 g/mol. The molecule has 3 nitrogen and oxygen atoms in total. The minimum Gasteiger partial charge on any atom is -0.208 e. The van der Waals surface area contributed by atoms with Crippen LogP contribution in [0.2, 0.25) is 0 Å². The maximum atomic E-state index is 4.89. The minimum absolute atomic E-state index is 0.0941. The largest absolute Gasteiger partial charge is 0.208 e. The summed E-state index contributed by atoms with van der Waals surface area (Å²) in [6.45, 7) is 4.71. The molecule has 1 heterocycles. The lowest BCUT2D eigenvalue weighted by Gasteiger charge is -2.35. The molecule has 0 atom stereocenters. The second kappa shape index (κ2) is 11.5. The number of benzene rings is 7. The Labute approximate surface area is 286 Å². The molecule has 7 aromatic carbocycles. The maximum absolute atomic E-state index is 4.89. The van der Waals surface area contributed by atoms with E-state index >= 15 is 0 Å². The number of aromatic nitrogens is 3. The minimum atomic E-state index is -0.0941. The Morgan fingerprint density at radius 1 is 0.347 bits per heavy atom. The lowest BCUT2D eigenvalue weighted by atomic mass is 9.68. The van der Waals surface area contributed by atoms with Crippen LogP contribution in [0.15, 0.2) is 164 Å². The van der Waals surface area contributed by atoms with E-state index in [-0.39, 0.29) is 5.41 Å². The fourth-order valence-electron chi connectivity index (χ4n) is 7.31. The number of fused-ring (bicyclic) bond motifs is 2. The van der Waals surface area contributed by atoms with Crippen LogP contribution in [0.4, 0.5) is 0 Å². The van der Waals surface area contributed by atoms with Gasteiger partial charge in [0, 0.05) is 22.1 Å². The fourth-order valence-corrected chi connectivity index (χ4v) is 7.31. The Kier molecular flexibility index (Phi) is 6.80. The highest BCUT2D eigenvalue weighted by Crippen LogP contribution is 2.49. The fraction of sp³-hybridized carbons (Fsp3) is 0.0652. The van der Waals surface area contributed by atoms with Gasteiger partial charge in [-0.2, -0.15) is 0 Å². The average Bonchev–Trinajstić information content (AvgIpc) is 3.17. The summed E-state index contributed by atoms with van der Waals surface area (Å²) in [6, 6.07) is 58.0. The highest BCUT2D eigenvalue weighted by atomic mass is 15.0. The third kappa shape index (κ3) is 5.03. The molecule has 0 N–H and O–H groups in total. The topological polar surface area (TPSA) is 38.7 Å². The highest BCUT2D eigenvalue weighted by Gasteiger charge is 2.33. The van der Waals surface area contributed by atoms with E-state index in [4.69, 9.17) is 15.0 Å². The Hall–Kier alpha value is -6.19. The first-order valence-electron chi connectivity index (χ1n) is 16.8. The molecule has 0 unspecified atom stereocenters. The van der Waals surface area contributed by atoms with Gasteiger partial charge in [0.15, 0.2) is 17.5 Å². The van der Waals surface area contributed by atoms with Gasteiger partial charge < -0.3 is 0 Å². The molecule has 0 spiro atoms. The third-order valence-electron chi connectivity index (χ3n) is 9.96. The maximum Gasteiger partial charge on any atom is 0.164 e. The molecule has 9 rings (SSSR count). The summed E-state index contributed by atoms with van der Waals surface area (Å²) in [6.07, 6.45) is 0. The van der Waals surface area contributed by atoms with Crippen LogP contribution in [-0.2, 0) is 5.41 Å². The van der Waals surface area contributed by atoms with Crippen LogP contribution in [0.5, 0.6) is 0 Å². The first-order valence-corrected chi connectivity index (χ1v) is 16.8. The molecule has 0 aliphatic heterocycles. The van der Waals surface area contributed by atoms with Crippen LogP contribution >= 0.6 is 0 Å². The van der Waals surface area contributed by atoms with Crippen LogP contribution in [0, 0.1) is 0 Å². The first-order chi connectivity index (χ1) is 24.0. The van der Waals surface area contributed by atoms with Crippen molar-refractivity contribution in [3.8, 4) is 67.5 Å². The summed E-state index contributed by atoms with van der Waals surface area (Å²) >= 11 is 0. The number of hydrogen-bond donors (Lipinski definition) is 0. The molecule has 1 aromatic heterocycles. The van der Waals surface area contributed by atoms with Crippen molar-refractivity contribution in [1.82, 2.24) is 15.0 Å². The zero-order chi connectivity index (χ0) is 33.0. The second-order valence-electron chi connectivity index (χ2n) is 13.3.